The van der Waals surface area contributed by atoms with Crippen molar-refractivity contribution in [2.24, 2.45) is 5.41 Å². The highest BCUT2D eigenvalue weighted by atomic mass is 35.5. The molecule has 3 nitrogen and oxygen atoms in total. The second-order valence-electron chi connectivity index (χ2n) is 7.91. The van der Waals surface area contributed by atoms with Crippen molar-refractivity contribution in [3.05, 3.63) is 58.6 Å². The van der Waals surface area contributed by atoms with Gasteiger partial charge in [-0.1, -0.05) is 35.9 Å². The van der Waals surface area contributed by atoms with Crippen LogP contribution in [0, 0.1) is 12.3 Å². The van der Waals surface area contributed by atoms with E-state index < -0.39 is 5.92 Å². The third-order valence-electron chi connectivity index (χ3n) is 6.06. The molecule has 4 rings (SSSR count). The minimum absolute atomic E-state index is 0.0597. The molecule has 2 aromatic carbocycles. The fraction of sp³-hybridized carbons (Fsp3) is 0.391. The SMILES string of the molecule is Cc1ccc(-c2ccc(Cl)cc2)cc1C1C(=O)CC2(CCOCC2)CC1=O. The number of halogens is 1. The van der Waals surface area contributed by atoms with E-state index in [2.05, 4.69) is 0 Å². The second kappa shape index (κ2) is 7.21. The highest BCUT2D eigenvalue weighted by Gasteiger charge is 2.46. The fourth-order valence-electron chi connectivity index (χ4n) is 4.46. The van der Waals surface area contributed by atoms with Crippen molar-refractivity contribution >= 4 is 23.2 Å². The number of aryl methyl sites for hydroxylation is 1. The topological polar surface area (TPSA) is 43.4 Å². The Hall–Kier alpha value is -1.97. The first-order valence-electron chi connectivity index (χ1n) is 9.47. The van der Waals surface area contributed by atoms with E-state index in [0.29, 0.717) is 31.1 Å². The highest BCUT2D eigenvalue weighted by Crippen LogP contribution is 2.46. The number of ether oxygens (including phenoxy) is 1. The first-order valence-corrected chi connectivity index (χ1v) is 9.85. The molecule has 0 aromatic heterocycles. The molecule has 2 fully saturated rings. The number of carbonyl (C=O) groups is 2. The number of ketones is 2. The summed E-state index contributed by atoms with van der Waals surface area (Å²) in [5.41, 5.74) is 3.68. The standard InChI is InChI=1S/C23H23ClO3/c1-15-2-3-17(16-4-6-18(24)7-5-16)12-19(15)22-20(25)13-23(14-21(22)26)8-10-27-11-9-23/h2-7,12,22H,8-11,13-14H2,1H3. The Morgan fingerprint density at radius 2 is 1.52 bits per heavy atom. The van der Waals surface area contributed by atoms with Gasteiger partial charge in [0, 0.05) is 31.1 Å². The van der Waals surface area contributed by atoms with Gasteiger partial charge in [0.15, 0.2) is 0 Å². The van der Waals surface area contributed by atoms with Crippen LogP contribution in [0.5, 0.6) is 0 Å². The molecular weight excluding hydrogens is 360 g/mol. The summed E-state index contributed by atoms with van der Waals surface area (Å²) in [5.74, 6) is -0.514. The monoisotopic (exact) mass is 382 g/mol. The van der Waals surface area contributed by atoms with Crippen LogP contribution < -0.4 is 0 Å². The third kappa shape index (κ3) is 3.59. The predicted molar refractivity (Wildman–Crippen MR) is 106 cm³/mol. The zero-order chi connectivity index (χ0) is 19.0. The van der Waals surface area contributed by atoms with Gasteiger partial charge in [-0.15, -0.1) is 0 Å². The van der Waals surface area contributed by atoms with Crippen LogP contribution in [0.25, 0.3) is 11.1 Å². The van der Waals surface area contributed by atoms with Crippen LogP contribution in [0.2, 0.25) is 5.02 Å². The number of carbonyl (C=O) groups excluding carboxylic acids is 2. The normalized spacial score (nSPS) is 20.2. The maximum atomic E-state index is 13.0. The molecule has 27 heavy (non-hydrogen) atoms. The molecule has 1 spiro atoms. The predicted octanol–water partition coefficient (Wildman–Crippen LogP) is 5.13. The van der Waals surface area contributed by atoms with Gasteiger partial charge in [0.2, 0.25) is 0 Å². The van der Waals surface area contributed by atoms with E-state index in [1.807, 2.05) is 49.4 Å². The highest BCUT2D eigenvalue weighted by molar-refractivity contribution is 6.30. The minimum atomic E-state index is -0.634. The summed E-state index contributed by atoms with van der Waals surface area (Å²) < 4.78 is 5.44. The lowest BCUT2D eigenvalue weighted by molar-refractivity contribution is -0.139. The minimum Gasteiger partial charge on any atom is -0.381 e. The van der Waals surface area contributed by atoms with Crippen molar-refractivity contribution in [1.82, 2.24) is 0 Å². The molecule has 2 aliphatic rings. The lowest BCUT2D eigenvalue weighted by atomic mass is 9.63. The molecule has 0 amide bonds. The maximum Gasteiger partial charge on any atom is 0.148 e. The van der Waals surface area contributed by atoms with Crippen LogP contribution in [-0.4, -0.2) is 24.8 Å². The van der Waals surface area contributed by atoms with E-state index >= 15 is 0 Å². The number of hydrogen-bond donors (Lipinski definition) is 0. The lowest BCUT2D eigenvalue weighted by Gasteiger charge is -2.41. The van der Waals surface area contributed by atoms with Gasteiger partial charge in [-0.05, 0) is 65.6 Å². The molecule has 1 aliphatic carbocycles. The van der Waals surface area contributed by atoms with Crippen LogP contribution in [0.1, 0.15) is 42.7 Å². The van der Waals surface area contributed by atoms with Crippen molar-refractivity contribution < 1.29 is 14.3 Å². The number of Topliss-reactive ketones (excluding diaryl/α,β-unsaturated/α-hetero) is 2. The Labute approximate surface area is 164 Å². The molecule has 0 bridgehead atoms. The molecule has 1 saturated carbocycles. The molecule has 140 valence electrons. The third-order valence-corrected chi connectivity index (χ3v) is 6.32. The van der Waals surface area contributed by atoms with Crippen LogP contribution >= 0.6 is 11.6 Å². The summed E-state index contributed by atoms with van der Waals surface area (Å²) >= 11 is 5.99. The summed E-state index contributed by atoms with van der Waals surface area (Å²) in [6.45, 7) is 3.27. The van der Waals surface area contributed by atoms with Crippen LogP contribution in [0.3, 0.4) is 0 Å². The van der Waals surface area contributed by atoms with Gasteiger partial charge in [0.05, 0.1) is 0 Å². The van der Waals surface area contributed by atoms with Gasteiger partial charge < -0.3 is 4.74 Å². The van der Waals surface area contributed by atoms with E-state index in [9.17, 15) is 9.59 Å². The average Bonchev–Trinajstić information content (AvgIpc) is 2.64. The van der Waals surface area contributed by atoms with E-state index in [4.69, 9.17) is 16.3 Å². The zero-order valence-corrected chi connectivity index (χ0v) is 16.2. The van der Waals surface area contributed by atoms with E-state index in [1.54, 1.807) is 0 Å². The van der Waals surface area contributed by atoms with Gasteiger partial charge in [-0.2, -0.15) is 0 Å². The quantitative estimate of drug-likeness (QED) is 0.676. The number of benzene rings is 2. The van der Waals surface area contributed by atoms with Crippen molar-refractivity contribution in [3.63, 3.8) is 0 Å². The molecule has 1 saturated heterocycles. The van der Waals surface area contributed by atoms with Gasteiger partial charge in [-0.25, -0.2) is 0 Å². The van der Waals surface area contributed by atoms with Gasteiger partial charge >= 0.3 is 0 Å². The molecule has 0 atom stereocenters. The molecular formula is C23H23ClO3. The van der Waals surface area contributed by atoms with E-state index in [1.165, 1.54) is 0 Å². The van der Waals surface area contributed by atoms with Crippen LogP contribution in [-0.2, 0) is 14.3 Å². The zero-order valence-electron chi connectivity index (χ0n) is 15.5. The van der Waals surface area contributed by atoms with Gasteiger partial charge in [-0.3, -0.25) is 9.59 Å². The molecule has 1 aliphatic heterocycles. The molecule has 2 aromatic rings. The molecule has 0 N–H and O–H groups in total. The largest absolute Gasteiger partial charge is 0.381 e. The number of hydrogen-bond acceptors (Lipinski definition) is 3. The van der Waals surface area contributed by atoms with Crippen molar-refractivity contribution in [2.45, 2.75) is 38.5 Å². The summed E-state index contributed by atoms with van der Waals surface area (Å²) in [5, 5.41) is 0.686. The molecule has 4 heteroatoms. The van der Waals surface area contributed by atoms with Crippen LogP contribution in [0.15, 0.2) is 42.5 Å². The molecule has 0 unspecified atom stereocenters. The summed E-state index contributed by atoms with van der Waals surface area (Å²) in [6, 6.07) is 13.6. The Balaban J connectivity index is 1.66. The van der Waals surface area contributed by atoms with E-state index in [-0.39, 0.29) is 17.0 Å². The van der Waals surface area contributed by atoms with Gasteiger partial charge in [0.1, 0.15) is 17.5 Å². The first-order chi connectivity index (χ1) is 13.0. The van der Waals surface area contributed by atoms with Crippen molar-refractivity contribution in [1.29, 1.82) is 0 Å². The first kappa shape index (κ1) is 18.4. The Bertz CT molecular complexity index is 859. The molecule has 1 heterocycles. The Morgan fingerprint density at radius 3 is 2.15 bits per heavy atom. The molecule has 0 radical (unpaired) electrons. The van der Waals surface area contributed by atoms with Crippen molar-refractivity contribution in [2.75, 3.05) is 13.2 Å². The van der Waals surface area contributed by atoms with Gasteiger partial charge in [0.25, 0.3) is 0 Å². The Kier molecular flexibility index (Phi) is 4.92. The van der Waals surface area contributed by atoms with Crippen molar-refractivity contribution in [3.8, 4) is 11.1 Å². The van der Waals surface area contributed by atoms with Crippen LogP contribution in [0.4, 0.5) is 0 Å². The summed E-state index contributed by atoms with van der Waals surface area (Å²) in [6.07, 6.45) is 2.58. The number of rotatable bonds is 2. The smallest absolute Gasteiger partial charge is 0.148 e. The maximum absolute atomic E-state index is 13.0. The average molecular weight is 383 g/mol. The fourth-order valence-corrected chi connectivity index (χ4v) is 4.59. The summed E-state index contributed by atoms with van der Waals surface area (Å²) in [7, 11) is 0. The second-order valence-corrected chi connectivity index (χ2v) is 8.35. The lowest BCUT2D eigenvalue weighted by Crippen LogP contribution is -2.42. The van der Waals surface area contributed by atoms with E-state index in [0.717, 1.165) is 35.1 Å². The summed E-state index contributed by atoms with van der Waals surface area (Å²) in [4.78, 5) is 26.1. The Morgan fingerprint density at radius 1 is 0.926 bits per heavy atom.